The lowest BCUT2D eigenvalue weighted by Gasteiger charge is -2.14. The van der Waals surface area contributed by atoms with Gasteiger partial charge >= 0.3 is 5.97 Å². The van der Waals surface area contributed by atoms with E-state index >= 15 is 0 Å². The molecule has 1 heterocycles. The summed E-state index contributed by atoms with van der Waals surface area (Å²) in [6.07, 6.45) is 0. The molecule has 22 heavy (non-hydrogen) atoms. The zero-order valence-electron chi connectivity index (χ0n) is 12.0. The van der Waals surface area contributed by atoms with Crippen LogP contribution in [-0.2, 0) is 4.74 Å². The number of para-hydroxylation sites is 1. The van der Waals surface area contributed by atoms with Gasteiger partial charge in [0.1, 0.15) is 11.0 Å². The summed E-state index contributed by atoms with van der Waals surface area (Å²) >= 11 is 0. The summed E-state index contributed by atoms with van der Waals surface area (Å²) in [6, 6.07) is 8.81. The first-order valence-electron chi connectivity index (χ1n) is 6.56. The molecule has 0 aliphatic heterocycles. The fraction of sp³-hybridized carbons (Fsp3) is 0.133. The number of aromatic nitrogens is 3. The number of methoxy groups -OCH3 is 1. The highest BCUT2D eigenvalue weighted by Gasteiger charge is 2.21. The van der Waals surface area contributed by atoms with Crippen molar-refractivity contribution in [2.75, 3.05) is 12.4 Å². The van der Waals surface area contributed by atoms with Crippen molar-refractivity contribution in [2.24, 2.45) is 0 Å². The SMILES string of the molecule is COC(=O)c1cc2nn[nH]c2c(F)c1Nc1ccccc1C. The van der Waals surface area contributed by atoms with E-state index in [0.29, 0.717) is 5.69 Å². The molecule has 0 bridgehead atoms. The largest absolute Gasteiger partial charge is 0.465 e. The highest BCUT2D eigenvalue weighted by molar-refractivity contribution is 6.01. The van der Waals surface area contributed by atoms with E-state index in [9.17, 15) is 9.18 Å². The monoisotopic (exact) mass is 300 g/mol. The normalized spacial score (nSPS) is 10.7. The van der Waals surface area contributed by atoms with E-state index < -0.39 is 11.8 Å². The Labute approximate surface area is 125 Å². The van der Waals surface area contributed by atoms with Crippen molar-refractivity contribution in [1.29, 1.82) is 0 Å². The Bertz CT molecular complexity index is 860. The number of hydrogen-bond acceptors (Lipinski definition) is 5. The number of esters is 1. The molecule has 0 aliphatic rings. The average Bonchev–Trinajstić information content (AvgIpc) is 2.99. The van der Waals surface area contributed by atoms with E-state index in [1.807, 2.05) is 25.1 Å². The summed E-state index contributed by atoms with van der Waals surface area (Å²) in [5.74, 6) is -1.29. The van der Waals surface area contributed by atoms with Crippen LogP contribution in [0.1, 0.15) is 15.9 Å². The molecule has 3 rings (SSSR count). The van der Waals surface area contributed by atoms with E-state index in [1.54, 1.807) is 6.07 Å². The van der Waals surface area contributed by atoms with Gasteiger partial charge in [-0.1, -0.05) is 23.4 Å². The van der Waals surface area contributed by atoms with Crippen LogP contribution in [0.5, 0.6) is 0 Å². The lowest BCUT2D eigenvalue weighted by Crippen LogP contribution is -2.08. The highest BCUT2D eigenvalue weighted by Crippen LogP contribution is 2.30. The lowest BCUT2D eigenvalue weighted by molar-refractivity contribution is 0.0601. The Kier molecular flexibility index (Phi) is 3.46. The van der Waals surface area contributed by atoms with Gasteiger partial charge in [0.25, 0.3) is 0 Å². The number of halogens is 1. The van der Waals surface area contributed by atoms with E-state index in [4.69, 9.17) is 4.74 Å². The van der Waals surface area contributed by atoms with Gasteiger partial charge in [-0.15, -0.1) is 5.10 Å². The summed E-state index contributed by atoms with van der Waals surface area (Å²) in [5, 5.41) is 12.7. The molecule has 0 unspecified atom stereocenters. The Morgan fingerprint density at radius 2 is 2.14 bits per heavy atom. The summed E-state index contributed by atoms with van der Waals surface area (Å²) in [6.45, 7) is 1.88. The predicted octanol–water partition coefficient (Wildman–Crippen LogP) is 2.94. The number of benzene rings is 2. The molecule has 3 aromatic rings. The number of fused-ring (bicyclic) bond motifs is 1. The lowest BCUT2D eigenvalue weighted by atomic mass is 10.1. The van der Waals surface area contributed by atoms with Crippen molar-refractivity contribution in [2.45, 2.75) is 6.92 Å². The molecule has 0 spiro atoms. The van der Waals surface area contributed by atoms with Crippen molar-refractivity contribution >= 4 is 28.4 Å². The smallest absolute Gasteiger partial charge is 0.340 e. The first-order chi connectivity index (χ1) is 10.6. The maximum Gasteiger partial charge on any atom is 0.340 e. The van der Waals surface area contributed by atoms with Gasteiger partial charge in [-0.05, 0) is 24.6 Å². The molecule has 6 nitrogen and oxygen atoms in total. The molecule has 2 N–H and O–H groups in total. The first kappa shape index (κ1) is 14.0. The molecular formula is C15H13FN4O2. The number of carbonyl (C=O) groups excluding carboxylic acids is 1. The second-order valence-electron chi connectivity index (χ2n) is 4.75. The third-order valence-electron chi connectivity index (χ3n) is 3.38. The second kappa shape index (κ2) is 5.44. The molecule has 0 fully saturated rings. The summed E-state index contributed by atoms with van der Waals surface area (Å²) in [4.78, 5) is 11.9. The van der Waals surface area contributed by atoms with Crippen LogP contribution in [0.4, 0.5) is 15.8 Å². The number of anilines is 2. The van der Waals surface area contributed by atoms with Crippen LogP contribution >= 0.6 is 0 Å². The third kappa shape index (κ3) is 2.26. The van der Waals surface area contributed by atoms with Crippen LogP contribution in [0.2, 0.25) is 0 Å². The Morgan fingerprint density at radius 1 is 1.36 bits per heavy atom. The van der Waals surface area contributed by atoms with Crippen LogP contribution in [0.15, 0.2) is 30.3 Å². The molecule has 7 heteroatoms. The molecule has 1 aromatic heterocycles. The van der Waals surface area contributed by atoms with Gasteiger partial charge in [0, 0.05) is 5.69 Å². The van der Waals surface area contributed by atoms with Crippen LogP contribution in [0.3, 0.4) is 0 Å². The number of rotatable bonds is 3. The van der Waals surface area contributed by atoms with Crippen molar-refractivity contribution in [1.82, 2.24) is 15.4 Å². The average molecular weight is 300 g/mol. The number of hydrogen-bond donors (Lipinski definition) is 2. The number of aryl methyl sites for hydroxylation is 1. The Morgan fingerprint density at radius 3 is 2.86 bits per heavy atom. The maximum absolute atomic E-state index is 14.7. The minimum absolute atomic E-state index is 0.0275. The van der Waals surface area contributed by atoms with Crippen molar-refractivity contribution in [3.05, 3.63) is 47.3 Å². The summed E-state index contributed by atoms with van der Waals surface area (Å²) in [5.41, 5.74) is 2.08. The Balaban J connectivity index is 2.19. The standard InChI is InChI=1S/C15H13FN4O2/c1-8-5-3-4-6-10(8)17-13-9(15(21)22-2)7-11-14(12(13)16)19-20-18-11/h3-7,17H,1-2H3,(H,18,19,20). The zero-order valence-corrected chi connectivity index (χ0v) is 12.0. The Hall–Kier alpha value is -2.96. The van der Waals surface area contributed by atoms with Crippen molar-refractivity contribution < 1.29 is 13.9 Å². The molecular weight excluding hydrogens is 287 g/mol. The van der Waals surface area contributed by atoms with E-state index in [2.05, 4.69) is 20.7 Å². The third-order valence-corrected chi connectivity index (χ3v) is 3.38. The van der Waals surface area contributed by atoms with Crippen LogP contribution in [0, 0.1) is 12.7 Å². The molecule has 112 valence electrons. The van der Waals surface area contributed by atoms with Gasteiger partial charge in [-0.2, -0.15) is 0 Å². The highest BCUT2D eigenvalue weighted by atomic mass is 19.1. The van der Waals surface area contributed by atoms with Gasteiger partial charge in [0.05, 0.1) is 18.4 Å². The maximum atomic E-state index is 14.7. The zero-order chi connectivity index (χ0) is 15.7. The fourth-order valence-corrected chi connectivity index (χ4v) is 2.19. The second-order valence-corrected chi connectivity index (χ2v) is 4.75. The molecule has 0 atom stereocenters. The molecule has 2 aromatic carbocycles. The molecule has 0 aliphatic carbocycles. The van der Waals surface area contributed by atoms with Crippen molar-refractivity contribution in [3.8, 4) is 0 Å². The van der Waals surface area contributed by atoms with E-state index in [1.165, 1.54) is 13.2 Å². The molecule has 0 radical (unpaired) electrons. The van der Waals surface area contributed by atoms with Gasteiger partial charge in [0.15, 0.2) is 5.82 Å². The van der Waals surface area contributed by atoms with E-state index in [-0.39, 0.29) is 22.3 Å². The van der Waals surface area contributed by atoms with Gasteiger partial charge in [-0.3, -0.25) is 5.10 Å². The van der Waals surface area contributed by atoms with Crippen molar-refractivity contribution in [3.63, 3.8) is 0 Å². The quantitative estimate of drug-likeness (QED) is 0.727. The minimum Gasteiger partial charge on any atom is -0.465 e. The predicted molar refractivity (Wildman–Crippen MR) is 79.6 cm³/mol. The first-order valence-corrected chi connectivity index (χ1v) is 6.56. The number of carbonyl (C=O) groups is 1. The topological polar surface area (TPSA) is 79.9 Å². The van der Waals surface area contributed by atoms with Gasteiger partial charge in [-0.25, -0.2) is 9.18 Å². The van der Waals surface area contributed by atoms with E-state index in [0.717, 1.165) is 5.56 Å². The number of nitrogens with zero attached hydrogens (tertiary/aromatic N) is 2. The number of nitrogens with one attached hydrogen (secondary N) is 2. The van der Waals surface area contributed by atoms with Crippen LogP contribution < -0.4 is 5.32 Å². The summed E-state index contributed by atoms with van der Waals surface area (Å²) < 4.78 is 19.4. The molecule has 0 amide bonds. The van der Waals surface area contributed by atoms with Gasteiger partial charge in [0.2, 0.25) is 0 Å². The van der Waals surface area contributed by atoms with Crippen LogP contribution in [-0.4, -0.2) is 28.5 Å². The minimum atomic E-state index is -0.653. The van der Waals surface area contributed by atoms with Gasteiger partial charge < -0.3 is 10.1 Å². The fourth-order valence-electron chi connectivity index (χ4n) is 2.19. The molecule has 0 saturated carbocycles. The number of H-pyrrole nitrogens is 1. The molecule has 0 saturated heterocycles. The number of aromatic amines is 1. The summed E-state index contributed by atoms with van der Waals surface area (Å²) in [7, 11) is 1.24. The number of ether oxygens (including phenoxy) is 1. The van der Waals surface area contributed by atoms with Crippen LogP contribution in [0.25, 0.3) is 11.0 Å².